The van der Waals surface area contributed by atoms with Crippen LogP contribution in [-0.2, 0) is 6.42 Å². The van der Waals surface area contributed by atoms with Crippen LogP contribution in [0.25, 0.3) is 10.1 Å². The molecule has 0 atom stereocenters. The van der Waals surface area contributed by atoms with Gasteiger partial charge in [-0.15, -0.1) is 11.3 Å². The van der Waals surface area contributed by atoms with Crippen molar-refractivity contribution in [2.45, 2.75) is 19.8 Å². The van der Waals surface area contributed by atoms with Crippen molar-refractivity contribution in [3.63, 3.8) is 0 Å². The average Bonchev–Trinajstić information content (AvgIpc) is 2.50. The van der Waals surface area contributed by atoms with Crippen molar-refractivity contribution < 1.29 is 4.79 Å². The zero-order valence-electron chi connectivity index (χ0n) is 7.96. The van der Waals surface area contributed by atoms with Crippen molar-refractivity contribution in [3.05, 3.63) is 34.2 Å². The summed E-state index contributed by atoms with van der Waals surface area (Å²) in [4.78, 5) is 13.1. The molecule has 0 fully saturated rings. The fraction of sp³-hybridized carbons (Fsp3) is 0.250. The molecule has 0 radical (unpaired) electrons. The zero-order valence-corrected chi connectivity index (χ0v) is 8.78. The molecule has 0 saturated heterocycles. The Labute approximate surface area is 86.4 Å². The third-order valence-corrected chi connectivity index (χ3v) is 4.03. The van der Waals surface area contributed by atoms with Crippen LogP contribution in [0.15, 0.2) is 18.2 Å². The lowest BCUT2D eigenvalue weighted by molar-refractivity contribution is 0.0982. The highest BCUT2D eigenvalue weighted by atomic mass is 32.1. The van der Waals surface area contributed by atoms with E-state index in [9.17, 15) is 4.79 Å². The number of rotatable bonds is 0. The zero-order chi connectivity index (χ0) is 9.71. The highest BCUT2D eigenvalue weighted by Crippen LogP contribution is 2.37. The minimum Gasteiger partial charge on any atom is -0.294 e. The van der Waals surface area contributed by atoms with Gasteiger partial charge in [0.25, 0.3) is 0 Å². The third kappa shape index (κ3) is 0.919. The summed E-state index contributed by atoms with van der Waals surface area (Å²) < 4.78 is 1.27. The number of carbonyl (C=O) groups excluding carboxylic acids is 1. The van der Waals surface area contributed by atoms with Crippen LogP contribution in [0.3, 0.4) is 0 Å². The normalized spacial score (nSPS) is 15.1. The quantitative estimate of drug-likeness (QED) is 0.640. The van der Waals surface area contributed by atoms with Gasteiger partial charge in [-0.2, -0.15) is 0 Å². The van der Waals surface area contributed by atoms with Gasteiger partial charge in [0.1, 0.15) is 0 Å². The van der Waals surface area contributed by atoms with Gasteiger partial charge >= 0.3 is 0 Å². The minimum absolute atomic E-state index is 0.306. The number of Topliss-reactive ketones (excluding diaryl/α,β-unsaturated/α-hetero) is 1. The summed E-state index contributed by atoms with van der Waals surface area (Å²) >= 11 is 1.81. The van der Waals surface area contributed by atoms with Crippen molar-refractivity contribution >= 4 is 27.2 Å². The van der Waals surface area contributed by atoms with Crippen LogP contribution in [0.1, 0.15) is 27.2 Å². The summed E-state index contributed by atoms with van der Waals surface area (Å²) in [5.74, 6) is 0.306. The minimum atomic E-state index is 0.306. The summed E-state index contributed by atoms with van der Waals surface area (Å²) in [5.41, 5.74) is 2.34. The van der Waals surface area contributed by atoms with Crippen LogP contribution in [0.4, 0.5) is 0 Å². The molecule has 0 amide bonds. The van der Waals surface area contributed by atoms with E-state index in [1.54, 1.807) is 0 Å². The predicted molar refractivity (Wildman–Crippen MR) is 59.2 cm³/mol. The predicted octanol–water partition coefficient (Wildman–Crippen LogP) is 3.34. The van der Waals surface area contributed by atoms with Crippen molar-refractivity contribution in [1.29, 1.82) is 0 Å². The first-order valence-corrected chi connectivity index (χ1v) is 5.63. The lowest BCUT2D eigenvalue weighted by Crippen LogP contribution is -2.07. The van der Waals surface area contributed by atoms with Crippen LogP contribution in [0.2, 0.25) is 0 Å². The first-order chi connectivity index (χ1) is 6.77. The Balaban J connectivity index is 2.53. The largest absolute Gasteiger partial charge is 0.294 e. The lowest BCUT2D eigenvalue weighted by atomic mass is 9.91. The van der Waals surface area contributed by atoms with E-state index < -0.39 is 0 Å². The molecule has 1 aromatic carbocycles. The molecule has 0 N–H and O–H groups in total. The van der Waals surface area contributed by atoms with E-state index in [-0.39, 0.29) is 0 Å². The van der Waals surface area contributed by atoms with Crippen LogP contribution in [-0.4, -0.2) is 5.78 Å². The number of hydrogen-bond donors (Lipinski definition) is 0. The summed E-state index contributed by atoms with van der Waals surface area (Å²) in [7, 11) is 0. The molecule has 1 aliphatic rings. The smallest absolute Gasteiger partial charge is 0.163 e. The fourth-order valence-corrected chi connectivity index (χ4v) is 3.38. The van der Waals surface area contributed by atoms with E-state index in [1.165, 1.54) is 20.5 Å². The molecule has 1 aromatic heterocycles. The standard InChI is InChI=1S/C12H10OS/c1-7-8-5-6-10(13)9-3-2-4-11(14-7)12(8)9/h2-4H,5-6H2,1H3. The molecule has 0 unspecified atom stereocenters. The molecule has 14 heavy (non-hydrogen) atoms. The van der Waals surface area contributed by atoms with Crippen molar-refractivity contribution in [1.82, 2.24) is 0 Å². The summed E-state index contributed by atoms with van der Waals surface area (Å²) in [5, 5.41) is 1.23. The molecule has 0 aliphatic heterocycles. The lowest BCUT2D eigenvalue weighted by Gasteiger charge is -2.11. The first-order valence-electron chi connectivity index (χ1n) is 4.81. The summed E-state index contributed by atoms with van der Waals surface area (Å²) in [6.45, 7) is 2.15. The topological polar surface area (TPSA) is 17.1 Å². The van der Waals surface area contributed by atoms with E-state index in [2.05, 4.69) is 13.0 Å². The SMILES string of the molecule is Cc1sc2cccc3c2c1CCC3=O. The Morgan fingerprint density at radius 2 is 2.14 bits per heavy atom. The average molecular weight is 202 g/mol. The van der Waals surface area contributed by atoms with Crippen LogP contribution < -0.4 is 0 Å². The second-order valence-electron chi connectivity index (χ2n) is 3.74. The van der Waals surface area contributed by atoms with Gasteiger partial charge in [-0.1, -0.05) is 12.1 Å². The Bertz CT molecular complexity index is 536. The van der Waals surface area contributed by atoms with Crippen LogP contribution in [0.5, 0.6) is 0 Å². The molecular weight excluding hydrogens is 192 g/mol. The molecule has 1 heterocycles. The molecule has 0 bridgehead atoms. The highest BCUT2D eigenvalue weighted by molar-refractivity contribution is 7.19. The maximum Gasteiger partial charge on any atom is 0.163 e. The van der Waals surface area contributed by atoms with Gasteiger partial charge in [0.05, 0.1) is 0 Å². The van der Waals surface area contributed by atoms with E-state index in [1.807, 2.05) is 23.5 Å². The molecule has 0 spiro atoms. The Morgan fingerprint density at radius 3 is 3.00 bits per heavy atom. The molecule has 2 aromatic rings. The monoisotopic (exact) mass is 202 g/mol. The Hall–Kier alpha value is -1.15. The number of ketones is 1. The highest BCUT2D eigenvalue weighted by Gasteiger charge is 2.21. The maximum absolute atomic E-state index is 11.7. The Morgan fingerprint density at radius 1 is 1.29 bits per heavy atom. The number of carbonyl (C=O) groups is 1. The Kier molecular flexibility index (Phi) is 1.56. The summed E-state index contributed by atoms with van der Waals surface area (Å²) in [6, 6.07) is 6.05. The fourth-order valence-electron chi connectivity index (χ4n) is 2.24. The number of thiophene rings is 1. The van der Waals surface area contributed by atoms with E-state index >= 15 is 0 Å². The molecule has 2 heteroatoms. The summed E-state index contributed by atoms with van der Waals surface area (Å²) in [6.07, 6.45) is 1.62. The molecule has 3 rings (SSSR count). The third-order valence-electron chi connectivity index (χ3n) is 2.92. The van der Waals surface area contributed by atoms with E-state index in [0.717, 1.165) is 12.0 Å². The van der Waals surface area contributed by atoms with Gasteiger partial charge in [-0.25, -0.2) is 0 Å². The van der Waals surface area contributed by atoms with Crippen molar-refractivity contribution in [2.24, 2.45) is 0 Å². The van der Waals surface area contributed by atoms with Gasteiger partial charge in [-0.05, 0) is 25.0 Å². The van der Waals surface area contributed by atoms with E-state index in [0.29, 0.717) is 12.2 Å². The van der Waals surface area contributed by atoms with Gasteiger partial charge in [0, 0.05) is 26.9 Å². The van der Waals surface area contributed by atoms with Crippen molar-refractivity contribution in [3.8, 4) is 0 Å². The van der Waals surface area contributed by atoms with Gasteiger partial charge in [0.15, 0.2) is 5.78 Å². The van der Waals surface area contributed by atoms with Gasteiger partial charge in [0.2, 0.25) is 0 Å². The second-order valence-corrected chi connectivity index (χ2v) is 5.00. The second kappa shape index (κ2) is 2.67. The first kappa shape index (κ1) is 8.18. The van der Waals surface area contributed by atoms with Gasteiger partial charge in [-0.3, -0.25) is 4.79 Å². The van der Waals surface area contributed by atoms with Gasteiger partial charge < -0.3 is 0 Å². The number of hydrogen-bond acceptors (Lipinski definition) is 2. The maximum atomic E-state index is 11.7. The molecule has 70 valence electrons. The van der Waals surface area contributed by atoms with Crippen LogP contribution in [0, 0.1) is 6.92 Å². The van der Waals surface area contributed by atoms with E-state index in [4.69, 9.17) is 0 Å². The van der Waals surface area contributed by atoms with Crippen molar-refractivity contribution in [2.75, 3.05) is 0 Å². The molecule has 1 nitrogen and oxygen atoms in total. The molecular formula is C12H10OS. The van der Waals surface area contributed by atoms with Crippen LogP contribution >= 0.6 is 11.3 Å². The molecule has 0 saturated carbocycles. The number of aryl methyl sites for hydroxylation is 2. The number of benzene rings is 1. The molecule has 1 aliphatic carbocycles.